The van der Waals surface area contributed by atoms with E-state index in [1.54, 1.807) is 20.1 Å². The number of aromatic amines is 1. The third-order valence-electron chi connectivity index (χ3n) is 2.73. The van der Waals surface area contributed by atoms with Gasteiger partial charge in [0, 0.05) is 7.11 Å². The number of rotatable bonds is 6. The van der Waals surface area contributed by atoms with Gasteiger partial charge in [-0.05, 0) is 31.5 Å². The number of carbonyl (C=O) groups is 1. The van der Waals surface area contributed by atoms with E-state index in [2.05, 4.69) is 20.5 Å². The maximum Gasteiger partial charge on any atom is 0.295 e. The summed E-state index contributed by atoms with van der Waals surface area (Å²) in [5.74, 6) is 0.879. The van der Waals surface area contributed by atoms with Crippen LogP contribution in [0.1, 0.15) is 22.0 Å². The first-order valence-electron chi connectivity index (χ1n) is 6.53. The molecule has 2 aromatic rings. The number of anilines is 1. The predicted molar refractivity (Wildman–Crippen MR) is 77.6 cm³/mol. The van der Waals surface area contributed by atoms with E-state index in [0.717, 1.165) is 5.56 Å². The zero-order valence-corrected chi connectivity index (χ0v) is 12.3. The Hall–Kier alpha value is -2.41. The van der Waals surface area contributed by atoms with Crippen LogP contribution in [-0.4, -0.2) is 41.4 Å². The van der Waals surface area contributed by atoms with Crippen LogP contribution in [0.3, 0.4) is 0 Å². The molecule has 1 amide bonds. The molecule has 0 aliphatic rings. The lowest BCUT2D eigenvalue weighted by atomic mass is 10.2. The Labute approximate surface area is 122 Å². The minimum Gasteiger partial charge on any atom is -0.489 e. The molecule has 21 heavy (non-hydrogen) atoms. The van der Waals surface area contributed by atoms with Crippen LogP contribution >= 0.6 is 0 Å². The fourth-order valence-corrected chi connectivity index (χ4v) is 1.71. The van der Waals surface area contributed by atoms with Gasteiger partial charge >= 0.3 is 0 Å². The van der Waals surface area contributed by atoms with Gasteiger partial charge in [-0.15, -0.1) is 5.10 Å². The fourth-order valence-electron chi connectivity index (χ4n) is 1.71. The average Bonchev–Trinajstić information content (AvgIpc) is 2.88. The number of hydrogen-bond acceptors (Lipinski definition) is 5. The summed E-state index contributed by atoms with van der Waals surface area (Å²) < 4.78 is 10.6. The van der Waals surface area contributed by atoms with Gasteiger partial charge in [0.15, 0.2) is 0 Å². The smallest absolute Gasteiger partial charge is 0.295 e. The van der Waals surface area contributed by atoms with Crippen LogP contribution in [0.2, 0.25) is 0 Å². The molecule has 0 radical (unpaired) electrons. The Morgan fingerprint density at radius 1 is 1.33 bits per heavy atom. The van der Waals surface area contributed by atoms with Crippen molar-refractivity contribution in [2.75, 3.05) is 25.6 Å². The summed E-state index contributed by atoms with van der Waals surface area (Å²) in [4.78, 5) is 16.0. The van der Waals surface area contributed by atoms with E-state index in [1.165, 1.54) is 0 Å². The zero-order chi connectivity index (χ0) is 15.2. The molecule has 0 saturated heterocycles. The highest BCUT2D eigenvalue weighted by atomic mass is 16.5. The summed E-state index contributed by atoms with van der Waals surface area (Å²) in [6.45, 7) is 4.56. The highest BCUT2D eigenvalue weighted by molar-refractivity contribution is 6.02. The van der Waals surface area contributed by atoms with Crippen LogP contribution in [0.5, 0.6) is 5.75 Å². The van der Waals surface area contributed by atoms with E-state index < -0.39 is 0 Å². The molecule has 7 nitrogen and oxygen atoms in total. The van der Waals surface area contributed by atoms with Crippen LogP contribution in [0.25, 0.3) is 0 Å². The van der Waals surface area contributed by atoms with Crippen LogP contribution in [0.15, 0.2) is 18.2 Å². The van der Waals surface area contributed by atoms with Crippen molar-refractivity contribution >= 4 is 11.6 Å². The number of benzene rings is 1. The topological polar surface area (TPSA) is 89.1 Å². The van der Waals surface area contributed by atoms with Crippen molar-refractivity contribution in [2.45, 2.75) is 13.8 Å². The maximum absolute atomic E-state index is 12.1. The van der Waals surface area contributed by atoms with Crippen LogP contribution in [-0.2, 0) is 4.74 Å². The summed E-state index contributed by atoms with van der Waals surface area (Å²) >= 11 is 0. The number of carbonyl (C=O) groups excluding carboxylic acids is 1. The zero-order valence-electron chi connectivity index (χ0n) is 12.3. The first-order chi connectivity index (χ1) is 10.1. The van der Waals surface area contributed by atoms with Crippen molar-refractivity contribution < 1.29 is 14.3 Å². The molecular weight excluding hydrogens is 272 g/mol. The summed E-state index contributed by atoms with van der Waals surface area (Å²) in [5.41, 5.74) is 1.61. The lowest BCUT2D eigenvalue weighted by molar-refractivity contribution is 0.101. The van der Waals surface area contributed by atoms with Gasteiger partial charge in [0.05, 0.1) is 12.3 Å². The summed E-state index contributed by atoms with van der Waals surface area (Å²) in [7, 11) is 1.61. The molecule has 112 valence electrons. The first kappa shape index (κ1) is 15.0. The van der Waals surface area contributed by atoms with Gasteiger partial charge in [-0.25, -0.2) is 4.98 Å². The van der Waals surface area contributed by atoms with E-state index in [-0.39, 0.29) is 11.7 Å². The quantitative estimate of drug-likeness (QED) is 0.790. The van der Waals surface area contributed by atoms with Crippen LogP contribution in [0, 0.1) is 13.8 Å². The van der Waals surface area contributed by atoms with Gasteiger partial charge in [-0.1, -0.05) is 6.07 Å². The molecule has 0 atom stereocenters. The number of nitrogens with one attached hydrogen (secondary N) is 2. The predicted octanol–water partition coefficient (Wildman–Crippen LogP) is 1.70. The molecule has 0 unspecified atom stereocenters. The van der Waals surface area contributed by atoms with Gasteiger partial charge in [0.2, 0.25) is 5.82 Å². The van der Waals surface area contributed by atoms with E-state index in [9.17, 15) is 4.79 Å². The molecule has 0 aliphatic heterocycles. The number of hydrogen-bond donors (Lipinski definition) is 2. The second-order valence-electron chi connectivity index (χ2n) is 4.54. The van der Waals surface area contributed by atoms with Gasteiger partial charge < -0.3 is 14.8 Å². The van der Waals surface area contributed by atoms with Gasteiger partial charge in [0.1, 0.15) is 18.2 Å². The Bertz CT molecular complexity index is 624. The van der Waals surface area contributed by atoms with Crippen molar-refractivity contribution in [3.8, 4) is 5.75 Å². The highest BCUT2D eigenvalue weighted by Crippen LogP contribution is 2.26. The lowest BCUT2D eigenvalue weighted by Gasteiger charge is -2.12. The summed E-state index contributed by atoms with van der Waals surface area (Å²) in [5, 5.41) is 9.20. The van der Waals surface area contributed by atoms with Crippen molar-refractivity contribution in [3.63, 3.8) is 0 Å². The summed E-state index contributed by atoms with van der Waals surface area (Å²) in [6, 6.07) is 5.53. The third-order valence-corrected chi connectivity index (χ3v) is 2.73. The monoisotopic (exact) mass is 290 g/mol. The van der Waals surface area contributed by atoms with E-state index in [4.69, 9.17) is 9.47 Å². The standard InChI is InChI=1S/C14H18N4O3/c1-9-4-5-11(12(8-9)21-7-6-20-3)16-14(19)13-15-10(2)17-18-13/h4-5,8H,6-7H2,1-3H3,(H,16,19)(H,15,17,18). The minimum absolute atomic E-state index is 0.0934. The third kappa shape index (κ3) is 4.03. The maximum atomic E-state index is 12.1. The molecule has 1 aromatic heterocycles. The van der Waals surface area contributed by atoms with Crippen molar-refractivity contribution in [1.82, 2.24) is 15.2 Å². The number of aromatic nitrogens is 3. The van der Waals surface area contributed by atoms with E-state index in [0.29, 0.717) is 30.5 Å². The average molecular weight is 290 g/mol. The molecule has 0 saturated carbocycles. The molecule has 0 spiro atoms. The summed E-state index contributed by atoms with van der Waals surface area (Å²) in [6.07, 6.45) is 0. The molecule has 0 fully saturated rings. The van der Waals surface area contributed by atoms with Gasteiger partial charge in [0.25, 0.3) is 5.91 Å². The second kappa shape index (κ2) is 6.85. The van der Waals surface area contributed by atoms with Crippen molar-refractivity contribution in [2.24, 2.45) is 0 Å². The largest absolute Gasteiger partial charge is 0.489 e. The number of H-pyrrole nitrogens is 1. The van der Waals surface area contributed by atoms with E-state index >= 15 is 0 Å². The molecule has 2 N–H and O–H groups in total. The van der Waals surface area contributed by atoms with Gasteiger partial charge in [-0.3, -0.25) is 9.89 Å². The normalized spacial score (nSPS) is 10.4. The molecular formula is C14H18N4O3. The van der Waals surface area contributed by atoms with Gasteiger partial charge in [-0.2, -0.15) is 0 Å². The number of ether oxygens (including phenoxy) is 2. The second-order valence-corrected chi connectivity index (χ2v) is 4.54. The minimum atomic E-state index is -0.389. The Kier molecular flexibility index (Phi) is 4.89. The number of aryl methyl sites for hydroxylation is 2. The van der Waals surface area contributed by atoms with Crippen molar-refractivity contribution in [3.05, 3.63) is 35.4 Å². The molecule has 2 rings (SSSR count). The fraction of sp³-hybridized carbons (Fsp3) is 0.357. The molecule has 0 bridgehead atoms. The van der Waals surface area contributed by atoms with Crippen LogP contribution in [0.4, 0.5) is 5.69 Å². The molecule has 1 heterocycles. The Balaban J connectivity index is 2.13. The highest BCUT2D eigenvalue weighted by Gasteiger charge is 2.14. The number of methoxy groups -OCH3 is 1. The Morgan fingerprint density at radius 2 is 2.14 bits per heavy atom. The molecule has 0 aliphatic carbocycles. The van der Waals surface area contributed by atoms with Crippen molar-refractivity contribution in [1.29, 1.82) is 0 Å². The molecule has 1 aromatic carbocycles. The first-order valence-corrected chi connectivity index (χ1v) is 6.53. The molecule has 7 heteroatoms. The van der Waals surface area contributed by atoms with Crippen LogP contribution < -0.4 is 10.1 Å². The number of nitrogens with zero attached hydrogens (tertiary/aromatic N) is 2. The number of amides is 1. The SMILES string of the molecule is COCCOc1cc(C)ccc1NC(=O)c1n[nH]c(C)n1. The van der Waals surface area contributed by atoms with E-state index in [1.807, 2.05) is 19.1 Å². The Morgan fingerprint density at radius 3 is 2.81 bits per heavy atom. The lowest BCUT2D eigenvalue weighted by Crippen LogP contribution is -2.15.